The fourth-order valence-corrected chi connectivity index (χ4v) is 4.68. The second kappa shape index (κ2) is 13.8. The highest BCUT2D eigenvalue weighted by atomic mass is 35.5. The van der Waals surface area contributed by atoms with Crippen molar-refractivity contribution in [3.63, 3.8) is 0 Å². The molecule has 0 radical (unpaired) electrons. The summed E-state index contributed by atoms with van der Waals surface area (Å²) in [6.45, 7) is 5.61. The lowest BCUT2D eigenvalue weighted by molar-refractivity contribution is -0.138. The molecule has 1 aliphatic carbocycles. The predicted octanol–water partition coefficient (Wildman–Crippen LogP) is 5.37. The van der Waals surface area contributed by atoms with Crippen molar-refractivity contribution in [1.29, 1.82) is 5.26 Å². The predicted molar refractivity (Wildman–Crippen MR) is 141 cm³/mol. The van der Waals surface area contributed by atoms with Crippen LogP contribution in [0.2, 0.25) is 5.02 Å². The summed E-state index contributed by atoms with van der Waals surface area (Å²) in [6, 6.07) is 5.15. The number of aromatic nitrogens is 2. The van der Waals surface area contributed by atoms with E-state index in [-0.39, 0.29) is 28.7 Å². The molecule has 2 aromatic rings. The Morgan fingerprint density at radius 1 is 1.36 bits per heavy atom. The molecule has 0 unspecified atom stereocenters. The maximum atomic E-state index is 13.0. The Morgan fingerprint density at radius 3 is 2.49 bits per heavy atom. The highest BCUT2D eigenvalue weighted by Gasteiger charge is 2.37. The number of hydrogen-bond donors (Lipinski definition) is 2. The Bertz CT molecular complexity index is 1230. The minimum Gasteiger partial charge on any atom is -0.496 e. The molecule has 214 valence electrons. The van der Waals surface area contributed by atoms with E-state index >= 15 is 0 Å². The van der Waals surface area contributed by atoms with Crippen molar-refractivity contribution in [3.8, 4) is 23.1 Å². The molecule has 1 aromatic carbocycles. The minimum absolute atomic E-state index is 0.0146. The molecule has 1 amide bonds. The lowest BCUT2D eigenvalue weighted by atomic mass is 9.72. The summed E-state index contributed by atoms with van der Waals surface area (Å²) < 4.78 is 62.4. The van der Waals surface area contributed by atoms with Crippen molar-refractivity contribution in [3.05, 3.63) is 28.9 Å². The molecular weight excluding hydrogens is 559 g/mol. The number of halogens is 4. The molecule has 9 nitrogen and oxygen atoms in total. The number of aryl methyl sites for hydroxylation is 1. The van der Waals surface area contributed by atoms with Gasteiger partial charge in [-0.2, -0.15) is 31.9 Å². The molecule has 1 fully saturated rings. The van der Waals surface area contributed by atoms with Crippen molar-refractivity contribution in [2.75, 3.05) is 19.0 Å². The number of nitriles is 1. The second-order valence-corrected chi connectivity index (χ2v) is 9.99. The third-order valence-electron chi connectivity index (χ3n) is 6.80. The zero-order valence-corrected chi connectivity index (χ0v) is 23.6. The summed E-state index contributed by atoms with van der Waals surface area (Å²) >= 11 is 5.88. The van der Waals surface area contributed by atoms with Gasteiger partial charge in [-0.25, -0.2) is 0 Å². The number of amides is 1. The molecule has 0 bridgehead atoms. The second-order valence-electron chi connectivity index (χ2n) is 9.48. The van der Waals surface area contributed by atoms with Crippen LogP contribution in [0.3, 0.4) is 0 Å². The van der Waals surface area contributed by atoms with E-state index in [1.54, 1.807) is 10.7 Å². The number of nitrogens with one attached hydrogen (secondary N) is 2. The van der Waals surface area contributed by atoms with Crippen LogP contribution >= 0.6 is 11.6 Å². The molecule has 0 saturated heterocycles. The molecule has 14 heteroatoms. The van der Waals surface area contributed by atoms with Gasteiger partial charge in [-0.05, 0) is 57.6 Å². The molecule has 1 atom stereocenters. The van der Waals surface area contributed by atoms with Gasteiger partial charge >= 0.3 is 17.7 Å². The fourth-order valence-electron chi connectivity index (χ4n) is 4.36. The molecule has 0 aliphatic heterocycles. The Morgan fingerprint density at radius 2 is 1.97 bits per heavy atom. The number of rotatable bonds is 8. The smallest absolute Gasteiger partial charge is 0.408 e. The van der Waals surface area contributed by atoms with Gasteiger partial charge in [0.05, 0.1) is 29.3 Å². The Balaban J connectivity index is 0.00000170. The van der Waals surface area contributed by atoms with E-state index in [2.05, 4.69) is 28.7 Å². The fraction of sp³-hybridized carbons (Fsp3) is 0.560. The van der Waals surface area contributed by atoms with Crippen molar-refractivity contribution in [2.45, 2.75) is 65.2 Å². The number of anilines is 1. The van der Waals surface area contributed by atoms with Gasteiger partial charge in [0.2, 0.25) is 0 Å². The highest BCUT2D eigenvalue weighted by Crippen LogP contribution is 2.40. The number of alkyl halides is 3. The average molecular weight is 590 g/mol. The number of benzene rings is 1. The number of ether oxygens (including phenoxy) is 1. The first-order valence-corrected chi connectivity index (χ1v) is 13.3. The molecule has 39 heavy (non-hydrogen) atoms. The van der Waals surface area contributed by atoms with Crippen LogP contribution in [0.15, 0.2) is 18.2 Å². The summed E-state index contributed by atoms with van der Waals surface area (Å²) in [5.74, 6) is 0.350. The molecular formula is C25H31ClF3N5O4S. The summed E-state index contributed by atoms with van der Waals surface area (Å²) in [4.78, 5) is 13.0. The minimum atomic E-state index is -4.40. The molecule has 1 heterocycles. The Kier molecular flexibility index (Phi) is 11.4. The number of nitrogens with zero attached hydrogens (tertiary/aromatic N) is 3. The van der Waals surface area contributed by atoms with Gasteiger partial charge in [0, 0.05) is 30.4 Å². The number of carbonyl (C=O) groups is 1. The quantitative estimate of drug-likeness (QED) is 0.424. The van der Waals surface area contributed by atoms with E-state index in [1.165, 1.54) is 19.2 Å². The molecule has 2 N–H and O–H groups in total. The van der Waals surface area contributed by atoms with Crippen LogP contribution in [0.25, 0.3) is 11.3 Å². The lowest BCUT2D eigenvalue weighted by Gasteiger charge is -2.33. The molecule has 1 aliphatic rings. The molecule has 1 saturated carbocycles. The third-order valence-corrected chi connectivity index (χ3v) is 7.15. The van der Waals surface area contributed by atoms with E-state index in [0.29, 0.717) is 23.7 Å². The van der Waals surface area contributed by atoms with Crippen LogP contribution in [-0.2, 0) is 18.1 Å². The summed E-state index contributed by atoms with van der Waals surface area (Å²) in [7, 11) is 1.40. The topological polar surface area (TPSA) is 126 Å². The first-order chi connectivity index (χ1) is 18.4. The molecule has 0 spiro atoms. The lowest BCUT2D eigenvalue weighted by Crippen LogP contribution is -2.39. The van der Waals surface area contributed by atoms with E-state index in [1.807, 2.05) is 6.92 Å². The van der Waals surface area contributed by atoms with Gasteiger partial charge in [-0.1, -0.05) is 18.5 Å². The van der Waals surface area contributed by atoms with Crippen molar-refractivity contribution in [1.82, 2.24) is 15.1 Å². The van der Waals surface area contributed by atoms with Crippen molar-refractivity contribution in [2.24, 2.45) is 11.3 Å². The van der Waals surface area contributed by atoms with Crippen LogP contribution in [0.5, 0.6) is 5.75 Å². The Labute approximate surface area is 233 Å². The normalized spacial score (nSPS) is 19.6. The summed E-state index contributed by atoms with van der Waals surface area (Å²) in [5.41, 5.74) is 0.528. The number of hydrogen-bond acceptors (Lipinski definition) is 7. The van der Waals surface area contributed by atoms with Crippen LogP contribution < -0.4 is 15.4 Å². The zero-order chi connectivity index (χ0) is 29.4. The summed E-state index contributed by atoms with van der Waals surface area (Å²) in [6.07, 6.45) is -1.09. The van der Waals surface area contributed by atoms with Crippen molar-refractivity contribution < 1.29 is 31.1 Å². The van der Waals surface area contributed by atoms with Gasteiger partial charge in [0.1, 0.15) is 11.8 Å². The summed E-state index contributed by atoms with van der Waals surface area (Å²) in [5, 5.41) is 19.5. The van der Waals surface area contributed by atoms with Gasteiger partial charge < -0.3 is 15.4 Å². The Hall–Kier alpha value is -3.11. The van der Waals surface area contributed by atoms with Crippen molar-refractivity contribution >= 4 is 34.8 Å². The van der Waals surface area contributed by atoms with Crippen LogP contribution in [0.1, 0.15) is 56.9 Å². The van der Waals surface area contributed by atoms with Gasteiger partial charge in [0.25, 0.3) is 5.91 Å². The SMILES string of the molecule is CCn1nc(C(=O)NCC2(C#N)CCC(C)CC2)c(Cl)c1-c1ccc(N[C@H](C)C(F)(F)F)cc1OC.O=S=O. The zero-order valence-electron chi connectivity index (χ0n) is 22.0. The monoisotopic (exact) mass is 589 g/mol. The first-order valence-electron chi connectivity index (χ1n) is 12.3. The third kappa shape index (κ3) is 7.95. The highest BCUT2D eigenvalue weighted by molar-refractivity contribution is 7.51. The maximum absolute atomic E-state index is 13.0. The average Bonchev–Trinajstić information content (AvgIpc) is 3.24. The van der Waals surface area contributed by atoms with E-state index < -0.39 is 35.1 Å². The number of carbonyl (C=O) groups excluding carboxylic acids is 1. The van der Waals surface area contributed by atoms with E-state index in [4.69, 9.17) is 24.8 Å². The molecule has 3 rings (SSSR count). The first kappa shape index (κ1) is 32.1. The van der Waals surface area contributed by atoms with E-state index in [9.17, 15) is 23.2 Å². The van der Waals surface area contributed by atoms with Gasteiger partial charge in [-0.3, -0.25) is 9.48 Å². The maximum Gasteiger partial charge on any atom is 0.408 e. The van der Waals surface area contributed by atoms with E-state index in [0.717, 1.165) is 32.6 Å². The van der Waals surface area contributed by atoms with Crippen LogP contribution in [-0.4, -0.2) is 50.0 Å². The molecule has 1 aromatic heterocycles. The van der Waals surface area contributed by atoms with Gasteiger partial charge in [0.15, 0.2) is 5.69 Å². The largest absolute Gasteiger partial charge is 0.496 e. The van der Waals surface area contributed by atoms with Gasteiger partial charge in [-0.15, -0.1) is 0 Å². The van der Waals surface area contributed by atoms with Crippen LogP contribution in [0, 0.1) is 22.7 Å². The van der Waals surface area contributed by atoms with Crippen LogP contribution in [0.4, 0.5) is 18.9 Å². The standard InChI is InChI=1S/C25H31ClF3N5O2.O2S/c1-5-34-22(18-7-6-17(12-19(18)36-4)32-16(3)25(27,28)29)20(26)21(33-34)23(35)31-14-24(13-30)10-8-15(2)9-11-24;1-3-2/h6-7,12,15-16,32H,5,8-11,14H2,1-4H3,(H,31,35);/t15?,16-,24?;/m1./s1. The number of methoxy groups -OCH3 is 1.